The molecule has 12 heteroatoms. The van der Waals surface area contributed by atoms with Gasteiger partial charge < -0.3 is 35.1 Å². The minimum atomic E-state index is -1.25. The van der Waals surface area contributed by atoms with Crippen LogP contribution in [-0.4, -0.2) is 81.4 Å². The number of halogens is 1. The molecule has 3 aromatic rings. The average Bonchev–Trinajstić information content (AvgIpc) is 3.28. The molecular formula is C27H37ClN6O5. The quantitative estimate of drug-likeness (QED) is 0.316. The van der Waals surface area contributed by atoms with Gasteiger partial charge in [-0.05, 0) is 71.0 Å². The normalized spacial score (nSPS) is 14.2. The van der Waals surface area contributed by atoms with Gasteiger partial charge in [-0.15, -0.1) is 0 Å². The predicted octanol–water partition coefficient (Wildman–Crippen LogP) is 3.65. The van der Waals surface area contributed by atoms with Gasteiger partial charge in [0, 0.05) is 24.9 Å². The molecule has 0 unspecified atom stereocenters. The van der Waals surface area contributed by atoms with E-state index in [1.807, 2.05) is 6.92 Å². The van der Waals surface area contributed by atoms with E-state index in [9.17, 15) is 14.7 Å². The fraction of sp³-hybridized carbons (Fsp3) is 0.481. The van der Waals surface area contributed by atoms with Crippen molar-refractivity contribution in [1.82, 2.24) is 19.4 Å². The number of anilines is 1. The maximum absolute atomic E-state index is 12.4. The number of hydrogen-bond donors (Lipinski definition) is 3. The van der Waals surface area contributed by atoms with Crippen LogP contribution in [0.25, 0.3) is 11.0 Å². The Morgan fingerprint density at radius 1 is 1.21 bits per heavy atom. The summed E-state index contributed by atoms with van der Waals surface area (Å²) in [5.74, 6) is -1.24. The molecule has 0 atom stereocenters. The third-order valence-corrected chi connectivity index (χ3v) is 6.45. The Balaban J connectivity index is 0.000000353. The van der Waals surface area contributed by atoms with Crippen LogP contribution < -0.4 is 15.8 Å². The van der Waals surface area contributed by atoms with E-state index in [0.29, 0.717) is 59.5 Å². The highest BCUT2D eigenvalue weighted by Gasteiger charge is 2.21. The smallest absolute Gasteiger partial charge is 0.372 e. The zero-order chi connectivity index (χ0) is 28.4. The molecule has 0 spiro atoms. The minimum Gasteiger partial charge on any atom is -0.489 e. The second-order valence-electron chi connectivity index (χ2n) is 9.37. The van der Waals surface area contributed by atoms with Crippen LogP contribution in [0.4, 0.5) is 5.82 Å². The van der Waals surface area contributed by atoms with Gasteiger partial charge in [-0.2, -0.15) is 0 Å². The molecule has 1 saturated heterocycles. The number of nitrogens with one attached hydrogen (secondary N) is 1. The minimum absolute atomic E-state index is 0.259. The Morgan fingerprint density at radius 3 is 2.56 bits per heavy atom. The van der Waals surface area contributed by atoms with Crippen molar-refractivity contribution < 1.29 is 24.2 Å². The third-order valence-electron chi connectivity index (χ3n) is 6.22. The zero-order valence-corrected chi connectivity index (χ0v) is 23.4. The highest BCUT2D eigenvalue weighted by atomic mass is 35.5. The summed E-state index contributed by atoms with van der Waals surface area (Å²) in [7, 11) is 0. The lowest BCUT2D eigenvalue weighted by Gasteiger charge is -2.32. The summed E-state index contributed by atoms with van der Waals surface area (Å²) in [6, 6.07) is 9.39. The van der Waals surface area contributed by atoms with Crippen molar-refractivity contribution in [1.29, 1.82) is 0 Å². The summed E-state index contributed by atoms with van der Waals surface area (Å²) in [5.41, 5.74) is 6.60. The molecule has 1 aromatic carbocycles. The molecule has 4 N–H and O–H groups in total. The number of ether oxygens (including phenoxy) is 2. The number of nitrogens with two attached hydrogens (primary N) is 1. The Labute approximate surface area is 233 Å². The number of carbonyl (C=O) groups excluding carboxylic acids is 1. The topological polar surface area (TPSA) is 145 Å². The average molecular weight is 561 g/mol. The molecule has 0 saturated carbocycles. The molecule has 2 aromatic heterocycles. The molecule has 1 fully saturated rings. The molecule has 1 aliphatic rings. The highest BCUT2D eigenvalue weighted by Crippen LogP contribution is 2.26. The van der Waals surface area contributed by atoms with Crippen LogP contribution in [0.1, 0.15) is 44.2 Å². The van der Waals surface area contributed by atoms with Crippen molar-refractivity contribution in [3.05, 3.63) is 47.4 Å². The maximum atomic E-state index is 12.4. The van der Waals surface area contributed by atoms with Crippen molar-refractivity contribution in [2.24, 2.45) is 5.73 Å². The van der Waals surface area contributed by atoms with Gasteiger partial charge in [0.2, 0.25) is 11.7 Å². The van der Waals surface area contributed by atoms with E-state index < -0.39 is 11.9 Å². The van der Waals surface area contributed by atoms with Crippen LogP contribution in [0.2, 0.25) is 5.02 Å². The monoisotopic (exact) mass is 560 g/mol. The van der Waals surface area contributed by atoms with Crippen LogP contribution >= 0.6 is 11.6 Å². The standard InChI is InChI=1S/C19H19ClN4O5.C8H18N2/c1-2-28-8-9-29-14-5-3-4-13-17(14)23-18(19(26)27)24(13)11-16(25)22-15-7-6-12(20)10-21-15;1-7(2)10-5-3-8(9)4-6-10/h3-7,10H,2,8-9,11H2,1H3,(H,26,27)(H,21,22,25);7-8H,3-6,9H2,1-2H3. The molecule has 4 rings (SSSR count). The molecule has 39 heavy (non-hydrogen) atoms. The van der Waals surface area contributed by atoms with Crippen molar-refractivity contribution in [2.45, 2.75) is 52.2 Å². The number of piperidine rings is 1. The molecular weight excluding hydrogens is 524 g/mol. The number of aromatic carboxylic acids is 1. The number of rotatable bonds is 10. The lowest BCUT2D eigenvalue weighted by atomic mass is 10.1. The lowest BCUT2D eigenvalue weighted by Crippen LogP contribution is -2.42. The number of nitrogens with zero attached hydrogens (tertiary/aromatic N) is 4. The molecule has 1 amide bonds. The van der Waals surface area contributed by atoms with Gasteiger partial charge >= 0.3 is 5.97 Å². The van der Waals surface area contributed by atoms with Crippen LogP contribution in [-0.2, 0) is 16.1 Å². The van der Waals surface area contributed by atoms with Gasteiger partial charge in [-0.25, -0.2) is 14.8 Å². The first-order valence-electron chi connectivity index (χ1n) is 13.0. The molecule has 0 aliphatic carbocycles. The number of carboxylic acid groups (broad SMARTS) is 1. The first-order valence-corrected chi connectivity index (χ1v) is 13.4. The lowest BCUT2D eigenvalue weighted by molar-refractivity contribution is -0.116. The second kappa shape index (κ2) is 14.8. The Hall–Kier alpha value is -3.25. The highest BCUT2D eigenvalue weighted by molar-refractivity contribution is 6.30. The summed E-state index contributed by atoms with van der Waals surface area (Å²) in [6.45, 7) is 9.77. The summed E-state index contributed by atoms with van der Waals surface area (Å²) < 4.78 is 12.2. The largest absolute Gasteiger partial charge is 0.489 e. The Kier molecular flexibility index (Phi) is 11.5. The summed E-state index contributed by atoms with van der Waals surface area (Å²) in [4.78, 5) is 34.8. The van der Waals surface area contributed by atoms with E-state index in [1.165, 1.54) is 36.7 Å². The summed E-state index contributed by atoms with van der Waals surface area (Å²) >= 11 is 5.78. The zero-order valence-electron chi connectivity index (χ0n) is 22.6. The molecule has 3 heterocycles. The van der Waals surface area contributed by atoms with Gasteiger partial charge in [0.25, 0.3) is 0 Å². The van der Waals surface area contributed by atoms with Gasteiger partial charge in [0.15, 0.2) is 0 Å². The first-order chi connectivity index (χ1) is 18.7. The van der Waals surface area contributed by atoms with Crippen molar-refractivity contribution in [3.8, 4) is 5.75 Å². The number of carboxylic acids is 1. The number of amides is 1. The van der Waals surface area contributed by atoms with E-state index in [1.54, 1.807) is 30.3 Å². The molecule has 1 aliphatic heterocycles. The summed E-state index contributed by atoms with van der Waals surface area (Å²) in [6.07, 6.45) is 3.76. The number of carbonyl (C=O) groups is 2. The number of hydrogen-bond acceptors (Lipinski definition) is 8. The molecule has 11 nitrogen and oxygen atoms in total. The second-order valence-corrected chi connectivity index (χ2v) is 9.81. The van der Waals surface area contributed by atoms with E-state index in [-0.39, 0.29) is 12.4 Å². The van der Waals surface area contributed by atoms with Crippen LogP contribution in [0.15, 0.2) is 36.5 Å². The number of fused-ring (bicyclic) bond motifs is 1. The van der Waals surface area contributed by atoms with Crippen molar-refractivity contribution >= 4 is 40.3 Å². The van der Waals surface area contributed by atoms with E-state index in [2.05, 4.69) is 34.0 Å². The molecule has 212 valence electrons. The number of benzene rings is 1. The SMILES string of the molecule is CC(C)N1CCC(N)CC1.CCOCCOc1cccc2c1nc(C(=O)O)n2CC(=O)Nc1ccc(Cl)cn1. The summed E-state index contributed by atoms with van der Waals surface area (Å²) in [5, 5.41) is 12.6. The van der Waals surface area contributed by atoms with Crippen molar-refractivity contribution in [2.75, 3.05) is 38.2 Å². The number of pyridine rings is 1. The van der Waals surface area contributed by atoms with Crippen LogP contribution in [0, 0.1) is 0 Å². The molecule has 0 bridgehead atoms. The van der Waals surface area contributed by atoms with Gasteiger partial charge in [0.1, 0.15) is 30.2 Å². The van der Waals surface area contributed by atoms with Gasteiger partial charge in [-0.1, -0.05) is 17.7 Å². The van der Waals surface area contributed by atoms with E-state index >= 15 is 0 Å². The van der Waals surface area contributed by atoms with Crippen LogP contribution in [0.5, 0.6) is 5.75 Å². The third kappa shape index (κ3) is 8.89. The fourth-order valence-corrected chi connectivity index (χ4v) is 4.24. The predicted molar refractivity (Wildman–Crippen MR) is 150 cm³/mol. The van der Waals surface area contributed by atoms with E-state index in [4.69, 9.17) is 26.8 Å². The number of likely N-dealkylation sites (tertiary alicyclic amines) is 1. The molecule has 0 radical (unpaired) electrons. The first kappa shape index (κ1) is 30.3. The Morgan fingerprint density at radius 2 is 1.95 bits per heavy atom. The van der Waals surface area contributed by atoms with Crippen molar-refractivity contribution in [3.63, 3.8) is 0 Å². The van der Waals surface area contributed by atoms with Gasteiger partial charge in [-0.3, -0.25) is 4.79 Å². The van der Waals surface area contributed by atoms with Gasteiger partial charge in [0.05, 0.1) is 17.1 Å². The van der Waals surface area contributed by atoms with Crippen LogP contribution in [0.3, 0.4) is 0 Å². The Bertz CT molecular complexity index is 1230. The maximum Gasteiger partial charge on any atom is 0.372 e. The fourth-order valence-electron chi connectivity index (χ4n) is 4.13. The van der Waals surface area contributed by atoms with E-state index in [0.717, 1.165) is 0 Å². The number of imidazole rings is 1. The number of aromatic nitrogens is 3. The number of para-hydroxylation sites is 1.